The van der Waals surface area contributed by atoms with E-state index in [2.05, 4.69) is 0 Å². The highest BCUT2D eigenvalue weighted by molar-refractivity contribution is 7.92. The molecule has 1 aliphatic rings. The molecule has 2 atom stereocenters. The molecule has 1 aromatic rings. The van der Waals surface area contributed by atoms with E-state index in [9.17, 15) is 8.42 Å². The van der Waals surface area contributed by atoms with Gasteiger partial charge in [0.25, 0.3) is 0 Å². The molecular weight excluding hydrogens is 236 g/mol. The SMILES string of the molecule is CO[C@@H]1CCCC[C@H]1S(=O)(=O)c1ccccc1. The van der Waals surface area contributed by atoms with Gasteiger partial charge in [0.2, 0.25) is 0 Å². The highest BCUT2D eigenvalue weighted by Gasteiger charge is 2.36. The lowest BCUT2D eigenvalue weighted by Crippen LogP contribution is -2.38. The van der Waals surface area contributed by atoms with Gasteiger partial charge in [0.15, 0.2) is 9.84 Å². The third kappa shape index (κ3) is 2.53. The molecule has 0 bridgehead atoms. The summed E-state index contributed by atoms with van der Waals surface area (Å²) < 4.78 is 30.3. The molecule has 0 saturated heterocycles. The first-order valence-electron chi connectivity index (χ1n) is 5.98. The zero-order chi connectivity index (χ0) is 12.3. The number of hydrogen-bond acceptors (Lipinski definition) is 3. The Morgan fingerprint density at radius 3 is 2.41 bits per heavy atom. The van der Waals surface area contributed by atoms with E-state index in [1.807, 2.05) is 6.07 Å². The van der Waals surface area contributed by atoms with Crippen LogP contribution in [0.3, 0.4) is 0 Å². The van der Waals surface area contributed by atoms with E-state index in [-0.39, 0.29) is 11.4 Å². The van der Waals surface area contributed by atoms with Gasteiger partial charge in [-0.25, -0.2) is 8.42 Å². The minimum Gasteiger partial charge on any atom is -0.380 e. The lowest BCUT2D eigenvalue weighted by Gasteiger charge is -2.30. The number of sulfone groups is 1. The van der Waals surface area contributed by atoms with Crippen molar-refractivity contribution in [3.05, 3.63) is 30.3 Å². The Hall–Kier alpha value is -0.870. The van der Waals surface area contributed by atoms with Crippen molar-refractivity contribution in [1.82, 2.24) is 0 Å². The van der Waals surface area contributed by atoms with Gasteiger partial charge in [0.1, 0.15) is 0 Å². The van der Waals surface area contributed by atoms with Crippen molar-refractivity contribution in [3.8, 4) is 0 Å². The summed E-state index contributed by atoms with van der Waals surface area (Å²) in [6.07, 6.45) is 3.41. The van der Waals surface area contributed by atoms with Crippen molar-refractivity contribution < 1.29 is 13.2 Å². The lowest BCUT2D eigenvalue weighted by atomic mass is 9.97. The quantitative estimate of drug-likeness (QED) is 0.832. The summed E-state index contributed by atoms with van der Waals surface area (Å²) in [5.74, 6) is 0. The van der Waals surface area contributed by atoms with Crippen LogP contribution >= 0.6 is 0 Å². The van der Waals surface area contributed by atoms with Gasteiger partial charge in [-0.1, -0.05) is 31.0 Å². The van der Waals surface area contributed by atoms with Crippen LogP contribution in [-0.4, -0.2) is 26.9 Å². The molecule has 17 heavy (non-hydrogen) atoms. The second-order valence-corrected chi connectivity index (χ2v) is 6.62. The number of rotatable bonds is 3. The van der Waals surface area contributed by atoms with Crippen LogP contribution in [0.15, 0.2) is 35.2 Å². The summed E-state index contributed by atoms with van der Waals surface area (Å²) in [6, 6.07) is 8.68. The Bertz CT molecular complexity index is 453. The minimum absolute atomic E-state index is 0.158. The predicted octanol–water partition coefficient (Wildman–Crippen LogP) is 2.42. The van der Waals surface area contributed by atoms with Crippen LogP contribution in [0.1, 0.15) is 25.7 Å². The number of methoxy groups -OCH3 is 1. The zero-order valence-corrected chi connectivity index (χ0v) is 10.8. The van der Waals surface area contributed by atoms with Crippen molar-refractivity contribution in [2.24, 2.45) is 0 Å². The smallest absolute Gasteiger partial charge is 0.183 e. The molecule has 0 radical (unpaired) electrons. The van der Waals surface area contributed by atoms with Gasteiger partial charge in [0, 0.05) is 7.11 Å². The summed E-state index contributed by atoms with van der Waals surface area (Å²) in [4.78, 5) is 0.411. The largest absolute Gasteiger partial charge is 0.380 e. The molecule has 2 rings (SSSR count). The first kappa shape index (κ1) is 12.6. The second kappa shape index (κ2) is 5.19. The fraction of sp³-hybridized carbons (Fsp3) is 0.538. The Labute approximate surface area is 103 Å². The van der Waals surface area contributed by atoms with E-state index in [1.165, 1.54) is 0 Å². The monoisotopic (exact) mass is 254 g/mol. The molecule has 1 aliphatic carbocycles. The Morgan fingerprint density at radius 2 is 1.76 bits per heavy atom. The van der Waals surface area contributed by atoms with Gasteiger partial charge in [0.05, 0.1) is 16.2 Å². The van der Waals surface area contributed by atoms with Gasteiger partial charge in [-0.3, -0.25) is 0 Å². The zero-order valence-electron chi connectivity index (χ0n) is 10.0. The van der Waals surface area contributed by atoms with Gasteiger partial charge in [-0.05, 0) is 25.0 Å². The highest BCUT2D eigenvalue weighted by atomic mass is 32.2. The fourth-order valence-electron chi connectivity index (χ4n) is 2.47. The summed E-state index contributed by atoms with van der Waals surface area (Å²) in [5.41, 5.74) is 0. The normalized spacial score (nSPS) is 25.7. The van der Waals surface area contributed by atoms with Crippen LogP contribution in [-0.2, 0) is 14.6 Å². The molecule has 1 saturated carbocycles. The fourth-order valence-corrected chi connectivity index (χ4v) is 4.48. The van der Waals surface area contributed by atoms with Gasteiger partial charge < -0.3 is 4.74 Å². The molecule has 0 N–H and O–H groups in total. The second-order valence-electron chi connectivity index (χ2n) is 4.46. The topological polar surface area (TPSA) is 43.4 Å². The maximum atomic E-state index is 12.5. The van der Waals surface area contributed by atoms with E-state index in [4.69, 9.17) is 4.74 Å². The molecule has 0 heterocycles. The highest BCUT2D eigenvalue weighted by Crippen LogP contribution is 2.30. The molecule has 3 nitrogen and oxygen atoms in total. The molecular formula is C13H18O3S. The van der Waals surface area contributed by atoms with Gasteiger partial charge in [-0.15, -0.1) is 0 Å². The van der Waals surface area contributed by atoms with Crippen LogP contribution < -0.4 is 0 Å². The molecule has 94 valence electrons. The maximum Gasteiger partial charge on any atom is 0.183 e. The van der Waals surface area contributed by atoms with E-state index in [1.54, 1.807) is 31.4 Å². The molecule has 0 spiro atoms. The van der Waals surface area contributed by atoms with E-state index in [0.29, 0.717) is 11.3 Å². The lowest BCUT2D eigenvalue weighted by molar-refractivity contribution is 0.0738. The summed E-state index contributed by atoms with van der Waals surface area (Å²) in [7, 11) is -1.65. The molecule has 1 fully saturated rings. The van der Waals surface area contributed by atoms with Crippen LogP contribution in [0.2, 0.25) is 0 Å². The van der Waals surface area contributed by atoms with E-state index in [0.717, 1.165) is 19.3 Å². The average molecular weight is 254 g/mol. The van der Waals surface area contributed by atoms with E-state index < -0.39 is 9.84 Å². The van der Waals surface area contributed by atoms with Crippen molar-refractivity contribution >= 4 is 9.84 Å². The Morgan fingerprint density at radius 1 is 1.12 bits per heavy atom. The number of ether oxygens (including phenoxy) is 1. The first-order valence-corrected chi connectivity index (χ1v) is 7.52. The number of benzene rings is 1. The van der Waals surface area contributed by atoms with Gasteiger partial charge >= 0.3 is 0 Å². The summed E-state index contributed by atoms with van der Waals surface area (Å²) >= 11 is 0. The van der Waals surface area contributed by atoms with Crippen molar-refractivity contribution in [2.45, 2.75) is 41.9 Å². The molecule has 0 aromatic heterocycles. The maximum absolute atomic E-state index is 12.5. The van der Waals surface area contributed by atoms with Crippen molar-refractivity contribution in [2.75, 3.05) is 7.11 Å². The molecule has 0 aliphatic heterocycles. The minimum atomic E-state index is -3.25. The molecule has 1 aromatic carbocycles. The molecule has 4 heteroatoms. The first-order chi connectivity index (χ1) is 8.16. The van der Waals surface area contributed by atoms with Crippen LogP contribution in [0, 0.1) is 0 Å². The molecule has 0 unspecified atom stereocenters. The third-order valence-electron chi connectivity index (χ3n) is 3.42. The standard InChI is InChI=1S/C13H18O3S/c1-16-12-9-5-6-10-13(12)17(14,15)11-7-3-2-4-8-11/h2-4,7-8,12-13H,5-6,9-10H2,1H3/t12-,13-/m1/s1. The molecule has 0 amide bonds. The van der Waals surface area contributed by atoms with Crippen molar-refractivity contribution in [3.63, 3.8) is 0 Å². The van der Waals surface area contributed by atoms with Crippen LogP contribution in [0.25, 0.3) is 0 Å². The average Bonchev–Trinajstić information content (AvgIpc) is 2.39. The van der Waals surface area contributed by atoms with Crippen LogP contribution in [0.4, 0.5) is 0 Å². The Kier molecular flexibility index (Phi) is 3.84. The third-order valence-corrected chi connectivity index (χ3v) is 5.68. The summed E-state index contributed by atoms with van der Waals surface area (Å²) in [5, 5.41) is -0.386. The number of hydrogen-bond donors (Lipinski definition) is 0. The van der Waals surface area contributed by atoms with Crippen molar-refractivity contribution in [1.29, 1.82) is 0 Å². The summed E-state index contributed by atoms with van der Waals surface area (Å²) in [6.45, 7) is 0. The van der Waals surface area contributed by atoms with Crippen LogP contribution in [0.5, 0.6) is 0 Å². The predicted molar refractivity (Wildman–Crippen MR) is 66.7 cm³/mol. The van der Waals surface area contributed by atoms with Gasteiger partial charge in [-0.2, -0.15) is 0 Å². The van der Waals surface area contributed by atoms with E-state index >= 15 is 0 Å². The Balaban J connectivity index is 2.31.